The van der Waals surface area contributed by atoms with Crippen LogP contribution in [-0.2, 0) is 4.74 Å². The van der Waals surface area contributed by atoms with Crippen molar-refractivity contribution in [2.75, 3.05) is 43.9 Å². The predicted molar refractivity (Wildman–Crippen MR) is 121 cm³/mol. The maximum absolute atomic E-state index is 13.4. The molecule has 1 atom stereocenters. The van der Waals surface area contributed by atoms with E-state index >= 15 is 0 Å². The van der Waals surface area contributed by atoms with Crippen LogP contribution in [0.2, 0.25) is 0 Å². The third-order valence-corrected chi connectivity index (χ3v) is 6.83. The highest BCUT2D eigenvalue weighted by Crippen LogP contribution is 2.33. The number of aromatic nitrogens is 2. The number of likely N-dealkylation sites (tertiary alicyclic amines) is 1. The molecule has 170 valence electrons. The molecule has 0 saturated carbocycles. The van der Waals surface area contributed by atoms with Gasteiger partial charge in [-0.1, -0.05) is 11.8 Å². The van der Waals surface area contributed by atoms with E-state index in [1.807, 2.05) is 31.9 Å². The molecule has 9 heteroatoms. The number of anilines is 1. The van der Waals surface area contributed by atoms with Crippen molar-refractivity contribution in [3.05, 3.63) is 11.8 Å². The monoisotopic (exact) mass is 447 g/mol. The summed E-state index contributed by atoms with van der Waals surface area (Å²) in [5.74, 6) is 1.21. The van der Waals surface area contributed by atoms with Crippen molar-refractivity contribution in [3.8, 4) is 0 Å². The van der Waals surface area contributed by atoms with Crippen LogP contribution >= 0.6 is 11.8 Å². The van der Waals surface area contributed by atoms with Gasteiger partial charge >= 0.3 is 6.09 Å². The van der Waals surface area contributed by atoms with E-state index in [1.165, 1.54) is 11.8 Å². The minimum Gasteiger partial charge on any atom is -0.444 e. The number of hydrogen-bond acceptors (Lipinski definition) is 7. The van der Waals surface area contributed by atoms with Crippen LogP contribution in [0.5, 0.6) is 0 Å². The molecule has 1 aromatic heterocycles. The quantitative estimate of drug-likeness (QED) is 0.520. The molecule has 4 rings (SSSR count). The Kier molecular flexibility index (Phi) is 6.32. The Morgan fingerprint density at radius 3 is 2.65 bits per heavy atom. The van der Waals surface area contributed by atoms with Crippen molar-refractivity contribution in [3.63, 3.8) is 0 Å². The molecule has 2 saturated heterocycles. The molecule has 0 radical (unpaired) electrons. The van der Waals surface area contributed by atoms with Gasteiger partial charge in [-0.15, -0.1) is 0 Å². The van der Waals surface area contributed by atoms with E-state index in [2.05, 4.69) is 9.88 Å². The maximum atomic E-state index is 13.4. The summed E-state index contributed by atoms with van der Waals surface area (Å²) < 4.78 is 5.50. The van der Waals surface area contributed by atoms with Gasteiger partial charge in [-0.2, -0.15) is 0 Å². The Morgan fingerprint density at radius 2 is 1.97 bits per heavy atom. The van der Waals surface area contributed by atoms with Crippen molar-refractivity contribution < 1.29 is 14.3 Å². The average Bonchev–Trinajstić information content (AvgIpc) is 3.16. The SMILES string of the molecule is CSc1ncc2c(n1)N1CCC[C@H]1CN(CC1CCN(C(=O)OC(C)(C)C)CC1)C2=O. The van der Waals surface area contributed by atoms with E-state index in [-0.39, 0.29) is 12.0 Å². The molecule has 0 unspecified atom stereocenters. The summed E-state index contributed by atoms with van der Waals surface area (Å²) in [6.07, 6.45) is 7.39. The number of amides is 2. The molecule has 8 nitrogen and oxygen atoms in total. The van der Waals surface area contributed by atoms with Crippen molar-refractivity contribution in [1.82, 2.24) is 19.8 Å². The minimum absolute atomic E-state index is 0.0339. The van der Waals surface area contributed by atoms with E-state index in [1.54, 1.807) is 11.1 Å². The van der Waals surface area contributed by atoms with Crippen molar-refractivity contribution in [2.45, 2.75) is 63.3 Å². The van der Waals surface area contributed by atoms with Crippen LogP contribution in [0.25, 0.3) is 0 Å². The van der Waals surface area contributed by atoms with Crippen LogP contribution in [0.15, 0.2) is 11.4 Å². The van der Waals surface area contributed by atoms with E-state index in [0.29, 0.717) is 35.8 Å². The van der Waals surface area contributed by atoms with E-state index in [9.17, 15) is 9.59 Å². The van der Waals surface area contributed by atoms with E-state index < -0.39 is 5.60 Å². The number of ether oxygens (including phenoxy) is 1. The number of fused-ring (bicyclic) bond motifs is 3. The number of hydrogen-bond donors (Lipinski definition) is 0. The van der Waals surface area contributed by atoms with Gasteiger partial charge in [-0.3, -0.25) is 4.79 Å². The largest absolute Gasteiger partial charge is 0.444 e. The van der Waals surface area contributed by atoms with Gasteiger partial charge in [-0.05, 0) is 58.6 Å². The number of carbonyl (C=O) groups excluding carboxylic acids is 2. The van der Waals surface area contributed by atoms with Gasteiger partial charge in [0.15, 0.2) is 5.16 Å². The molecule has 0 aromatic carbocycles. The van der Waals surface area contributed by atoms with Crippen LogP contribution in [0.1, 0.15) is 56.8 Å². The fourth-order valence-electron chi connectivity index (χ4n) is 4.73. The summed E-state index contributed by atoms with van der Waals surface area (Å²) >= 11 is 1.50. The first kappa shape index (κ1) is 22.2. The first-order valence-corrected chi connectivity index (χ1v) is 12.4. The van der Waals surface area contributed by atoms with Crippen molar-refractivity contribution >= 4 is 29.6 Å². The van der Waals surface area contributed by atoms with Gasteiger partial charge < -0.3 is 19.4 Å². The van der Waals surface area contributed by atoms with E-state index in [0.717, 1.165) is 51.1 Å². The summed E-state index contributed by atoms with van der Waals surface area (Å²) in [5.41, 5.74) is 0.138. The van der Waals surface area contributed by atoms with Gasteiger partial charge in [0.25, 0.3) is 5.91 Å². The molecule has 2 amide bonds. The van der Waals surface area contributed by atoms with Crippen LogP contribution in [0.4, 0.5) is 10.6 Å². The second-order valence-electron chi connectivity index (χ2n) is 9.70. The highest BCUT2D eigenvalue weighted by Gasteiger charge is 2.38. The zero-order chi connectivity index (χ0) is 22.2. The molecule has 3 aliphatic rings. The minimum atomic E-state index is -0.481. The van der Waals surface area contributed by atoms with Crippen LogP contribution in [0.3, 0.4) is 0 Å². The lowest BCUT2D eigenvalue weighted by atomic mass is 9.96. The van der Waals surface area contributed by atoms with Gasteiger partial charge in [0.05, 0.1) is 0 Å². The molecule has 0 spiro atoms. The smallest absolute Gasteiger partial charge is 0.410 e. The summed E-state index contributed by atoms with van der Waals surface area (Å²) in [6.45, 7) is 9.40. The Balaban J connectivity index is 1.43. The lowest BCUT2D eigenvalue weighted by molar-refractivity contribution is 0.0166. The number of piperidine rings is 1. The molecule has 2 fully saturated rings. The molecule has 4 heterocycles. The van der Waals surface area contributed by atoms with Gasteiger partial charge in [-0.25, -0.2) is 14.8 Å². The number of carbonyl (C=O) groups is 2. The summed E-state index contributed by atoms with van der Waals surface area (Å²) in [6, 6.07) is 0.316. The van der Waals surface area contributed by atoms with Crippen molar-refractivity contribution in [1.29, 1.82) is 0 Å². The summed E-state index contributed by atoms with van der Waals surface area (Å²) in [7, 11) is 0. The van der Waals surface area contributed by atoms with Crippen LogP contribution < -0.4 is 4.90 Å². The van der Waals surface area contributed by atoms with Gasteiger partial charge in [0, 0.05) is 45.0 Å². The molecule has 0 N–H and O–H groups in total. The zero-order valence-corrected chi connectivity index (χ0v) is 19.8. The second-order valence-corrected chi connectivity index (χ2v) is 10.5. The molecule has 0 bridgehead atoms. The Hall–Kier alpha value is -2.03. The van der Waals surface area contributed by atoms with Crippen LogP contribution in [0, 0.1) is 5.92 Å². The zero-order valence-electron chi connectivity index (χ0n) is 19.0. The fraction of sp³-hybridized carbons (Fsp3) is 0.727. The second kappa shape index (κ2) is 8.84. The Labute approximate surface area is 188 Å². The predicted octanol–water partition coefficient (Wildman–Crippen LogP) is 3.27. The highest BCUT2D eigenvalue weighted by molar-refractivity contribution is 7.98. The number of thioether (sulfide) groups is 1. The molecule has 1 aromatic rings. The lowest BCUT2D eigenvalue weighted by Gasteiger charge is -2.36. The third-order valence-electron chi connectivity index (χ3n) is 6.27. The standard InChI is InChI=1S/C22H33N5O3S/c1-22(2,3)30-21(29)25-10-7-15(8-11-25)13-26-14-16-6-5-9-27(16)18-17(19(26)28)12-23-20(24-18)31-4/h12,15-16H,5-11,13-14H2,1-4H3/t16-/m0/s1. The van der Waals surface area contributed by atoms with Crippen LogP contribution in [-0.4, -0.2) is 82.4 Å². The van der Waals surface area contributed by atoms with Crippen molar-refractivity contribution in [2.24, 2.45) is 5.92 Å². The molecule has 31 heavy (non-hydrogen) atoms. The third kappa shape index (κ3) is 4.91. The molecular formula is C22H33N5O3S. The first-order chi connectivity index (χ1) is 14.7. The summed E-state index contributed by atoms with van der Waals surface area (Å²) in [4.78, 5) is 40.9. The topological polar surface area (TPSA) is 78.9 Å². The first-order valence-electron chi connectivity index (χ1n) is 11.2. The molecule has 3 aliphatic heterocycles. The number of nitrogens with zero attached hydrogens (tertiary/aromatic N) is 5. The molecule has 0 aliphatic carbocycles. The van der Waals surface area contributed by atoms with Gasteiger partial charge in [0.2, 0.25) is 0 Å². The van der Waals surface area contributed by atoms with E-state index in [4.69, 9.17) is 9.72 Å². The summed E-state index contributed by atoms with van der Waals surface area (Å²) in [5, 5.41) is 0.708. The van der Waals surface area contributed by atoms with Gasteiger partial charge in [0.1, 0.15) is 17.0 Å². The fourth-order valence-corrected chi connectivity index (χ4v) is 5.07. The molecular weight excluding hydrogens is 414 g/mol. The Bertz CT molecular complexity index is 835. The highest BCUT2D eigenvalue weighted by atomic mass is 32.2. The average molecular weight is 448 g/mol. The maximum Gasteiger partial charge on any atom is 0.410 e. The lowest BCUT2D eigenvalue weighted by Crippen LogP contribution is -2.46. The normalized spacial score (nSPS) is 22.3. The Morgan fingerprint density at radius 1 is 1.23 bits per heavy atom. The number of rotatable bonds is 3.